The molecule has 164 valence electrons. The lowest BCUT2D eigenvalue weighted by Crippen LogP contribution is -2.39. The van der Waals surface area contributed by atoms with E-state index in [1.165, 1.54) is 0 Å². The number of ether oxygens (including phenoxy) is 1. The normalized spacial score (nSPS) is 21.7. The molecule has 0 radical (unpaired) electrons. The van der Waals surface area contributed by atoms with Crippen LogP contribution in [-0.4, -0.2) is 81.2 Å². The van der Waals surface area contributed by atoms with Gasteiger partial charge >= 0.3 is 0 Å². The zero-order valence-electron chi connectivity index (χ0n) is 17.8. The van der Waals surface area contributed by atoms with E-state index in [-0.39, 0.29) is 11.3 Å². The number of rotatable bonds is 6. The molecule has 2 aliphatic rings. The van der Waals surface area contributed by atoms with Crippen LogP contribution in [0.15, 0.2) is 30.1 Å². The molecular formula is C22H27N5O4. The zero-order valence-corrected chi connectivity index (χ0v) is 17.8. The molecule has 0 unspecified atom stereocenters. The number of pyridine rings is 1. The molecule has 0 aromatic carbocycles. The minimum absolute atomic E-state index is 0.0805. The average Bonchev–Trinajstić information content (AvgIpc) is 3.25. The molecule has 31 heavy (non-hydrogen) atoms. The van der Waals surface area contributed by atoms with E-state index in [0.29, 0.717) is 48.7 Å². The summed E-state index contributed by atoms with van der Waals surface area (Å²) < 4.78 is 5.38. The number of aromatic amines is 1. The summed E-state index contributed by atoms with van der Waals surface area (Å²) >= 11 is 0. The van der Waals surface area contributed by atoms with Gasteiger partial charge in [-0.2, -0.15) is 5.10 Å². The van der Waals surface area contributed by atoms with E-state index in [9.17, 15) is 14.7 Å². The number of aryl methyl sites for hydroxylation is 2. The molecule has 1 atom stereocenters. The van der Waals surface area contributed by atoms with Crippen molar-refractivity contribution in [3.8, 4) is 0 Å². The molecule has 0 bridgehead atoms. The van der Waals surface area contributed by atoms with Crippen molar-refractivity contribution in [3.63, 3.8) is 0 Å². The van der Waals surface area contributed by atoms with Crippen LogP contribution in [0.25, 0.3) is 5.76 Å². The fourth-order valence-corrected chi connectivity index (χ4v) is 4.32. The van der Waals surface area contributed by atoms with Crippen molar-refractivity contribution in [1.82, 2.24) is 25.0 Å². The second-order valence-corrected chi connectivity index (χ2v) is 7.90. The average molecular weight is 425 g/mol. The highest BCUT2D eigenvalue weighted by Crippen LogP contribution is 2.39. The lowest BCUT2D eigenvalue weighted by molar-refractivity contribution is -0.140. The fourth-order valence-electron chi connectivity index (χ4n) is 4.32. The molecule has 0 saturated carbocycles. The van der Waals surface area contributed by atoms with Crippen LogP contribution in [0.4, 0.5) is 0 Å². The molecule has 9 heteroatoms. The smallest absolute Gasteiger partial charge is 0.295 e. The number of hydrogen-bond donors (Lipinski definition) is 2. The van der Waals surface area contributed by atoms with Gasteiger partial charge in [-0.25, -0.2) is 0 Å². The van der Waals surface area contributed by atoms with Crippen molar-refractivity contribution in [2.45, 2.75) is 26.3 Å². The summed E-state index contributed by atoms with van der Waals surface area (Å²) in [5, 5.41) is 18.1. The maximum atomic E-state index is 13.0. The maximum Gasteiger partial charge on any atom is 0.295 e. The van der Waals surface area contributed by atoms with Crippen LogP contribution < -0.4 is 0 Å². The minimum atomic E-state index is -0.688. The number of carbonyl (C=O) groups excluding carboxylic acids is 2. The van der Waals surface area contributed by atoms with E-state index in [1.54, 1.807) is 37.2 Å². The summed E-state index contributed by atoms with van der Waals surface area (Å²) in [6.07, 6.45) is 3.99. The molecular weight excluding hydrogens is 398 g/mol. The molecule has 2 aromatic heterocycles. The van der Waals surface area contributed by atoms with E-state index >= 15 is 0 Å². The molecule has 2 aliphatic heterocycles. The summed E-state index contributed by atoms with van der Waals surface area (Å²) in [5.74, 6) is -1.49. The van der Waals surface area contributed by atoms with Crippen molar-refractivity contribution < 1.29 is 19.4 Å². The number of ketones is 1. The summed E-state index contributed by atoms with van der Waals surface area (Å²) in [7, 11) is 0. The molecule has 2 saturated heterocycles. The third kappa shape index (κ3) is 4.11. The molecule has 2 aromatic rings. The van der Waals surface area contributed by atoms with Crippen molar-refractivity contribution >= 4 is 17.4 Å². The molecule has 4 heterocycles. The van der Waals surface area contributed by atoms with Gasteiger partial charge in [0.1, 0.15) is 5.76 Å². The van der Waals surface area contributed by atoms with Crippen molar-refractivity contribution in [2.75, 3.05) is 39.4 Å². The number of Topliss-reactive ketones (excluding diaryl/α,β-unsaturated/α-hetero) is 1. The van der Waals surface area contributed by atoms with Crippen LogP contribution in [0.2, 0.25) is 0 Å². The highest BCUT2D eigenvalue weighted by atomic mass is 16.5. The number of nitrogens with zero attached hydrogens (tertiary/aromatic N) is 4. The van der Waals surface area contributed by atoms with Gasteiger partial charge in [0, 0.05) is 44.3 Å². The third-order valence-electron chi connectivity index (χ3n) is 5.88. The Balaban J connectivity index is 1.67. The summed E-state index contributed by atoms with van der Waals surface area (Å²) in [4.78, 5) is 34.0. The zero-order chi connectivity index (χ0) is 22.0. The van der Waals surface area contributed by atoms with Gasteiger partial charge in [-0.1, -0.05) is 6.07 Å². The molecule has 1 amide bonds. The topological polar surface area (TPSA) is 112 Å². The number of aliphatic hydroxyl groups is 1. The number of likely N-dealkylation sites (tertiary alicyclic amines) is 1. The van der Waals surface area contributed by atoms with Gasteiger partial charge in [0.2, 0.25) is 0 Å². The Hall–Kier alpha value is -3.04. The van der Waals surface area contributed by atoms with E-state index in [2.05, 4.69) is 20.1 Å². The highest BCUT2D eigenvalue weighted by molar-refractivity contribution is 6.46. The first-order valence-corrected chi connectivity index (χ1v) is 10.5. The first-order valence-electron chi connectivity index (χ1n) is 10.5. The molecule has 2 fully saturated rings. The van der Waals surface area contributed by atoms with Crippen LogP contribution in [-0.2, 0) is 14.3 Å². The standard InChI is InChI=1S/C22H27N5O4/c1-14-17(15(2)25-24-14)20(28)18-19(16-5-3-6-23-13-16)27(22(30)21(18)29)8-4-7-26-9-11-31-12-10-26/h3,5-6,13,19,28H,4,7-12H2,1-2H3,(H,24,25)/t19-/m1/s1. The van der Waals surface area contributed by atoms with Gasteiger partial charge in [0.15, 0.2) is 0 Å². The minimum Gasteiger partial charge on any atom is -0.507 e. The third-order valence-corrected chi connectivity index (χ3v) is 5.88. The first-order chi connectivity index (χ1) is 15.0. The van der Waals surface area contributed by atoms with Gasteiger partial charge in [-0.3, -0.25) is 24.6 Å². The summed E-state index contributed by atoms with van der Waals surface area (Å²) in [6.45, 7) is 7.89. The maximum absolute atomic E-state index is 13.0. The largest absolute Gasteiger partial charge is 0.507 e. The van der Waals surface area contributed by atoms with Crippen LogP contribution in [0.1, 0.15) is 35.0 Å². The second kappa shape index (κ2) is 8.99. The van der Waals surface area contributed by atoms with Gasteiger partial charge in [-0.15, -0.1) is 0 Å². The number of carbonyl (C=O) groups is 2. The summed E-state index contributed by atoms with van der Waals surface area (Å²) in [5.41, 5.74) is 2.43. The molecule has 4 rings (SSSR count). The van der Waals surface area contributed by atoms with Gasteiger partial charge < -0.3 is 14.7 Å². The Morgan fingerprint density at radius 2 is 2.03 bits per heavy atom. The molecule has 0 spiro atoms. The van der Waals surface area contributed by atoms with Gasteiger partial charge in [0.05, 0.1) is 36.1 Å². The Morgan fingerprint density at radius 1 is 1.26 bits per heavy atom. The van der Waals surface area contributed by atoms with Gasteiger partial charge in [0.25, 0.3) is 11.7 Å². The lowest BCUT2D eigenvalue weighted by atomic mass is 9.95. The Morgan fingerprint density at radius 3 is 2.68 bits per heavy atom. The van der Waals surface area contributed by atoms with Crippen molar-refractivity contribution in [1.29, 1.82) is 0 Å². The monoisotopic (exact) mass is 425 g/mol. The number of morpholine rings is 1. The van der Waals surface area contributed by atoms with Crippen LogP contribution in [0.3, 0.4) is 0 Å². The first kappa shape index (κ1) is 21.2. The number of aliphatic hydroxyl groups excluding tert-OH is 1. The van der Waals surface area contributed by atoms with E-state index in [1.807, 2.05) is 6.07 Å². The second-order valence-electron chi connectivity index (χ2n) is 7.90. The van der Waals surface area contributed by atoms with Crippen LogP contribution in [0.5, 0.6) is 0 Å². The van der Waals surface area contributed by atoms with Gasteiger partial charge in [-0.05, 0) is 31.9 Å². The predicted octanol–water partition coefficient (Wildman–Crippen LogP) is 1.57. The van der Waals surface area contributed by atoms with E-state index in [4.69, 9.17) is 4.74 Å². The number of aromatic nitrogens is 3. The Labute approximate surface area is 180 Å². The van der Waals surface area contributed by atoms with E-state index < -0.39 is 17.7 Å². The lowest BCUT2D eigenvalue weighted by Gasteiger charge is -2.29. The van der Waals surface area contributed by atoms with Crippen molar-refractivity contribution in [3.05, 3.63) is 52.6 Å². The number of hydrogen-bond acceptors (Lipinski definition) is 7. The predicted molar refractivity (Wildman–Crippen MR) is 113 cm³/mol. The highest BCUT2D eigenvalue weighted by Gasteiger charge is 2.46. The molecule has 9 nitrogen and oxygen atoms in total. The SMILES string of the molecule is Cc1n[nH]c(C)c1C(O)=C1C(=O)C(=O)N(CCCN2CCOCC2)[C@@H]1c1cccnc1. The Bertz CT molecular complexity index is 975. The van der Waals surface area contributed by atoms with E-state index in [0.717, 1.165) is 19.6 Å². The molecule has 0 aliphatic carbocycles. The Kier molecular flexibility index (Phi) is 6.15. The number of nitrogens with one attached hydrogen (secondary N) is 1. The van der Waals surface area contributed by atoms with Crippen molar-refractivity contribution in [2.24, 2.45) is 0 Å². The number of amides is 1. The van der Waals surface area contributed by atoms with Crippen LogP contribution in [0, 0.1) is 13.8 Å². The van der Waals surface area contributed by atoms with Crippen LogP contribution >= 0.6 is 0 Å². The summed E-state index contributed by atoms with van der Waals surface area (Å²) in [6, 6.07) is 2.89. The fraction of sp³-hybridized carbons (Fsp3) is 0.455. The number of H-pyrrole nitrogens is 1. The molecule has 2 N–H and O–H groups in total. The quantitative estimate of drug-likeness (QED) is 0.410.